The molecule has 0 radical (unpaired) electrons. The summed E-state index contributed by atoms with van der Waals surface area (Å²) >= 11 is 1.71. The Bertz CT molecular complexity index is 392. The molecule has 0 aromatic carbocycles. The van der Waals surface area contributed by atoms with Crippen LogP contribution in [0.2, 0.25) is 0 Å². The first-order chi connectivity index (χ1) is 9.17. The van der Waals surface area contributed by atoms with Crippen molar-refractivity contribution >= 4 is 41.3 Å². The summed E-state index contributed by atoms with van der Waals surface area (Å²) in [7, 11) is 2.10. The first kappa shape index (κ1) is 19.6. The molecule has 1 aromatic heterocycles. The highest BCUT2D eigenvalue weighted by Crippen LogP contribution is 2.08. The molecule has 0 fully saturated rings. The maximum atomic E-state index is 4.67. The van der Waals surface area contributed by atoms with E-state index in [0.717, 1.165) is 42.7 Å². The van der Waals surface area contributed by atoms with Crippen molar-refractivity contribution in [1.82, 2.24) is 15.2 Å². The SMILES string of the molecule is CCCCN(C)C(=NCCc1csc(C)n1)NCC.I. The fraction of sp³-hybridized carbons (Fsp3) is 0.714. The van der Waals surface area contributed by atoms with Crippen LogP contribution in [0.15, 0.2) is 10.4 Å². The highest BCUT2D eigenvalue weighted by molar-refractivity contribution is 14.0. The summed E-state index contributed by atoms with van der Waals surface area (Å²) in [6.45, 7) is 9.11. The zero-order chi connectivity index (χ0) is 14.1. The Morgan fingerprint density at radius 1 is 1.45 bits per heavy atom. The van der Waals surface area contributed by atoms with Crippen LogP contribution in [-0.4, -0.2) is 42.5 Å². The topological polar surface area (TPSA) is 40.5 Å². The lowest BCUT2D eigenvalue weighted by Gasteiger charge is -2.21. The van der Waals surface area contributed by atoms with Gasteiger partial charge in [-0.15, -0.1) is 35.3 Å². The molecule has 0 aliphatic carbocycles. The minimum atomic E-state index is 0. The van der Waals surface area contributed by atoms with Gasteiger partial charge in [0.25, 0.3) is 0 Å². The van der Waals surface area contributed by atoms with Crippen molar-refractivity contribution in [2.75, 3.05) is 26.7 Å². The molecule has 0 amide bonds. The van der Waals surface area contributed by atoms with E-state index < -0.39 is 0 Å². The number of unbranched alkanes of at least 4 members (excludes halogenated alkanes) is 1. The van der Waals surface area contributed by atoms with Gasteiger partial charge in [-0.05, 0) is 20.3 Å². The van der Waals surface area contributed by atoms with Crippen LogP contribution in [0.1, 0.15) is 37.4 Å². The predicted octanol–water partition coefficient (Wildman–Crippen LogP) is 3.31. The number of halogens is 1. The van der Waals surface area contributed by atoms with Gasteiger partial charge in [0.1, 0.15) is 0 Å². The van der Waals surface area contributed by atoms with Gasteiger partial charge < -0.3 is 10.2 Å². The highest BCUT2D eigenvalue weighted by atomic mass is 127. The Kier molecular flexibility index (Phi) is 11.1. The van der Waals surface area contributed by atoms with Gasteiger partial charge in [-0.25, -0.2) is 4.98 Å². The largest absolute Gasteiger partial charge is 0.357 e. The Balaban J connectivity index is 0.00000361. The molecule has 0 bridgehead atoms. The molecular formula is C14H27IN4S. The number of nitrogens with zero attached hydrogens (tertiary/aromatic N) is 3. The summed E-state index contributed by atoms with van der Waals surface area (Å²) in [6, 6.07) is 0. The number of thiazole rings is 1. The third-order valence-electron chi connectivity index (χ3n) is 2.84. The Labute approximate surface area is 144 Å². The number of aromatic nitrogens is 1. The molecule has 1 N–H and O–H groups in total. The van der Waals surface area contributed by atoms with Crippen molar-refractivity contribution in [2.24, 2.45) is 4.99 Å². The molecule has 0 atom stereocenters. The molecule has 0 unspecified atom stereocenters. The standard InChI is InChI=1S/C14H26N4S.HI/c1-5-7-10-18(4)14(15-6-2)16-9-8-13-11-19-12(3)17-13;/h11H,5-10H2,1-4H3,(H,15,16);1H. The van der Waals surface area contributed by atoms with E-state index in [2.05, 4.69) is 46.5 Å². The maximum absolute atomic E-state index is 4.67. The third kappa shape index (κ3) is 7.42. The van der Waals surface area contributed by atoms with E-state index in [1.807, 2.05) is 6.92 Å². The summed E-state index contributed by atoms with van der Waals surface area (Å²) < 4.78 is 0. The van der Waals surface area contributed by atoms with E-state index in [1.165, 1.54) is 12.8 Å². The summed E-state index contributed by atoms with van der Waals surface area (Å²) in [5.41, 5.74) is 1.15. The minimum absolute atomic E-state index is 0. The Morgan fingerprint density at radius 2 is 2.20 bits per heavy atom. The second kappa shape index (κ2) is 11.3. The normalized spacial score (nSPS) is 11.1. The molecule has 1 rings (SSSR count). The lowest BCUT2D eigenvalue weighted by Crippen LogP contribution is -2.39. The number of hydrogen-bond donors (Lipinski definition) is 1. The molecule has 1 heterocycles. The number of aryl methyl sites for hydroxylation is 1. The second-order valence-electron chi connectivity index (χ2n) is 4.62. The zero-order valence-corrected chi connectivity index (χ0v) is 16.1. The average molecular weight is 410 g/mol. The number of aliphatic imine (C=N–C) groups is 1. The number of nitrogens with one attached hydrogen (secondary N) is 1. The third-order valence-corrected chi connectivity index (χ3v) is 3.66. The molecule has 20 heavy (non-hydrogen) atoms. The zero-order valence-electron chi connectivity index (χ0n) is 13.0. The van der Waals surface area contributed by atoms with Crippen LogP contribution in [0.25, 0.3) is 0 Å². The molecule has 1 aromatic rings. The summed E-state index contributed by atoms with van der Waals surface area (Å²) in [4.78, 5) is 11.3. The van der Waals surface area contributed by atoms with Gasteiger partial charge in [0.15, 0.2) is 5.96 Å². The number of rotatable bonds is 7. The van der Waals surface area contributed by atoms with E-state index >= 15 is 0 Å². The van der Waals surface area contributed by atoms with Crippen LogP contribution in [0.3, 0.4) is 0 Å². The maximum Gasteiger partial charge on any atom is 0.193 e. The summed E-state index contributed by atoms with van der Waals surface area (Å²) in [6.07, 6.45) is 3.33. The minimum Gasteiger partial charge on any atom is -0.357 e. The molecule has 0 saturated heterocycles. The van der Waals surface area contributed by atoms with Crippen molar-refractivity contribution in [3.05, 3.63) is 16.1 Å². The first-order valence-corrected chi connectivity index (χ1v) is 7.95. The second-order valence-corrected chi connectivity index (χ2v) is 5.68. The molecule has 4 nitrogen and oxygen atoms in total. The number of hydrogen-bond acceptors (Lipinski definition) is 3. The van der Waals surface area contributed by atoms with Crippen molar-refractivity contribution in [2.45, 2.75) is 40.0 Å². The van der Waals surface area contributed by atoms with Crippen molar-refractivity contribution in [1.29, 1.82) is 0 Å². The van der Waals surface area contributed by atoms with Gasteiger partial charge in [0.2, 0.25) is 0 Å². The van der Waals surface area contributed by atoms with Crippen molar-refractivity contribution < 1.29 is 0 Å². The van der Waals surface area contributed by atoms with Crippen molar-refractivity contribution in [3.63, 3.8) is 0 Å². The fourth-order valence-electron chi connectivity index (χ4n) is 1.77. The number of guanidine groups is 1. The first-order valence-electron chi connectivity index (χ1n) is 7.07. The monoisotopic (exact) mass is 410 g/mol. The van der Waals surface area contributed by atoms with Crippen molar-refractivity contribution in [3.8, 4) is 0 Å². The quantitative estimate of drug-likeness (QED) is 0.426. The van der Waals surface area contributed by atoms with E-state index in [0.29, 0.717) is 0 Å². The predicted molar refractivity (Wildman–Crippen MR) is 99.5 cm³/mol. The van der Waals surface area contributed by atoms with Gasteiger partial charge in [0, 0.05) is 38.5 Å². The van der Waals surface area contributed by atoms with E-state index in [9.17, 15) is 0 Å². The van der Waals surface area contributed by atoms with Crippen LogP contribution in [0, 0.1) is 6.92 Å². The fourth-order valence-corrected chi connectivity index (χ4v) is 2.42. The van der Waals surface area contributed by atoms with Gasteiger partial charge in [0.05, 0.1) is 10.7 Å². The molecule has 116 valence electrons. The molecule has 0 spiro atoms. The van der Waals surface area contributed by atoms with Gasteiger partial charge in [-0.1, -0.05) is 13.3 Å². The van der Waals surface area contributed by atoms with Crippen LogP contribution in [-0.2, 0) is 6.42 Å². The Morgan fingerprint density at radius 3 is 2.75 bits per heavy atom. The van der Waals surface area contributed by atoms with E-state index in [4.69, 9.17) is 0 Å². The highest BCUT2D eigenvalue weighted by Gasteiger charge is 2.04. The van der Waals surface area contributed by atoms with E-state index in [1.54, 1.807) is 11.3 Å². The van der Waals surface area contributed by atoms with Gasteiger partial charge in [-0.3, -0.25) is 4.99 Å². The summed E-state index contributed by atoms with van der Waals surface area (Å²) in [5, 5.41) is 6.59. The average Bonchev–Trinajstić information content (AvgIpc) is 2.80. The molecule has 0 aliphatic rings. The van der Waals surface area contributed by atoms with Gasteiger partial charge in [-0.2, -0.15) is 0 Å². The lowest BCUT2D eigenvalue weighted by atomic mass is 10.3. The Hall–Kier alpha value is -0.370. The molecule has 0 saturated carbocycles. The van der Waals surface area contributed by atoms with Crippen LogP contribution >= 0.6 is 35.3 Å². The smallest absolute Gasteiger partial charge is 0.193 e. The lowest BCUT2D eigenvalue weighted by molar-refractivity contribution is 0.465. The van der Waals surface area contributed by atoms with Crippen LogP contribution in [0.5, 0.6) is 0 Å². The van der Waals surface area contributed by atoms with E-state index in [-0.39, 0.29) is 24.0 Å². The van der Waals surface area contributed by atoms with Crippen LogP contribution in [0.4, 0.5) is 0 Å². The van der Waals surface area contributed by atoms with Crippen LogP contribution < -0.4 is 5.32 Å². The molecular weight excluding hydrogens is 383 g/mol. The summed E-state index contributed by atoms with van der Waals surface area (Å²) in [5.74, 6) is 1.00. The van der Waals surface area contributed by atoms with Gasteiger partial charge >= 0.3 is 0 Å². The molecule has 0 aliphatic heterocycles. The molecule has 6 heteroatoms.